The fourth-order valence-corrected chi connectivity index (χ4v) is 4.26. The monoisotopic (exact) mass is 418 g/mol. The Morgan fingerprint density at radius 1 is 1.10 bits per heavy atom. The van der Waals surface area contributed by atoms with Gasteiger partial charge in [0.15, 0.2) is 5.76 Å². The molecule has 2 aliphatic rings. The summed E-state index contributed by atoms with van der Waals surface area (Å²) in [5.74, 6) is 1.83. The Balaban J connectivity index is 1.30. The fraction of sp³-hybridized carbons (Fsp3) is 0.400. The maximum absolute atomic E-state index is 6.18. The van der Waals surface area contributed by atoms with E-state index in [0.717, 1.165) is 93.7 Å². The Morgan fingerprint density at radius 2 is 1.97 bits per heavy atom. The van der Waals surface area contributed by atoms with Gasteiger partial charge in [0.1, 0.15) is 11.5 Å². The zero-order valence-corrected chi connectivity index (χ0v) is 17.9. The molecule has 31 heavy (non-hydrogen) atoms. The summed E-state index contributed by atoms with van der Waals surface area (Å²) in [6.45, 7) is 6.67. The number of allylic oxidation sites excluding steroid dienone is 1. The number of hydrogen-bond acceptors (Lipinski definition) is 5. The Morgan fingerprint density at radius 3 is 2.81 bits per heavy atom. The molecule has 5 rings (SSSR count). The van der Waals surface area contributed by atoms with Crippen molar-refractivity contribution in [3.63, 3.8) is 0 Å². The summed E-state index contributed by atoms with van der Waals surface area (Å²) < 4.78 is 13.6. The van der Waals surface area contributed by atoms with Crippen LogP contribution in [0, 0.1) is 0 Å². The summed E-state index contributed by atoms with van der Waals surface area (Å²) in [6.07, 6.45) is 9.61. The van der Waals surface area contributed by atoms with E-state index in [1.807, 2.05) is 22.9 Å². The lowest BCUT2D eigenvalue weighted by atomic mass is 10.0. The molecule has 0 bridgehead atoms. The van der Waals surface area contributed by atoms with E-state index in [-0.39, 0.29) is 0 Å². The van der Waals surface area contributed by atoms with Crippen molar-refractivity contribution in [1.82, 2.24) is 20.0 Å². The van der Waals surface area contributed by atoms with Gasteiger partial charge in [-0.25, -0.2) is 4.68 Å². The highest BCUT2D eigenvalue weighted by molar-refractivity contribution is 5.63. The first-order chi connectivity index (χ1) is 15.4. The molecule has 1 aliphatic heterocycles. The van der Waals surface area contributed by atoms with E-state index in [4.69, 9.17) is 14.3 Å². The average molecular weight is 419 g/mol. The molecule has 3 aromatic rings. The van der Waals surface area contributed by atoms with Gasteiger partial charge in [-0.3, -0.25) is 4.90 Å². The van der Waals surface area contributed by atoms with Crippen LogP contribution in [-0.2, 0) is 17.7 Å². The molecule has 6 nitrogen and oxygen atoms in total. The second-order valence-electron chi connectivity index (χ2n) is 8.21. The van der Waals surface area contributed by atoms with E-state index in [1.165, 1.54) is 5.56 Å². The molecular formula is C25H30N4O2. The number of aromatic nitrogens is 2. The number of benzene rings is 1. The molecule has 0 radical (unpaired) electrons. The summed E-state index contributed by atoms with van der Waals surface area (Å²) in [5.41, 5.74) is 4.41. The Labute approximate surface area is 183 Å². The van der Waals surface area contributed by atoms with Crippen LogP contribution >= 0.6 is 0 Å². The third-order valence-corrected chi connectivity index (χ3v) is 5.98. The molecule has 1 fully saturated rings. The summed E-state index contributed by atoms with van der Waals surface area (Å²) in [5, 5.41) is 8.51. The van der Waals surface area contributed by atoms with Gasteiger partial charge in [-0.1, -0.05) is 24.3 Å². The van der Waals surface area contributed by atoms with Gasteiger partial charge >= 0.3 is 0 Å². The molecule has 0 saturated carbocycles. The van der Waals surface area contributed by atoms with Crippen LogP contribution < -0.4 is 5.32 Å². The number of morpholine rings is 1. The van der Waals surface area contributed by atoms with Crippen molar-refractivity contribution >= 4 is 6.08 Å². The van der Waals surface area contributed by atoms with Crippen LogP contribution in [0.1, 0.15) is 29.7 Å². The average Bonchev–Trinajstić information content (AvgIpc) is 3.44. The van der Waals surface area contributed by atoms with E-state index in [0.29, 0.717) is 0 Å². The number of para-hydroxylation sites is 1. The second-order valence-corrected chi connectivity index (χ2v) is 8.21. The van der Waals surface area contributed by atoms with Gasteiger partial charge in [0, 0.05) is 31.4 Å². The van der Waals surface area contributed by atoms with E-state index >= 15 is 0 Å². The highest BCUT2D eigenvalue weighted by Gasteiger charge is 2.19. The molecule has 162 valence electrons. The molecule has 2 aromatic heterocycles. The summed E-state index contributed by atoms with van der Waals surface area (Å²) in [4.78, 5) is 2.48. The molecule has 1 aliphatic carbocycles. The molecule has 0 spiro atoms. The topological polar surface area (TPSA) is 55.5 Å². The van der Waals surface area contributed by atoms with E-state index in [1.54, 1.807) is 0 Å². The summed E-state index contributed by atoms with van der Waals surface area (Å²) in [6, 6.07) is 12.4. The minimum atomic E-state index is 0.770. The van der Waals surface area contributed by atoms with Gasteiger partial charge in [-0.05, 0) is 62.2 Å². The Kier molecular flexibility index (Phi) is 6.30. The quantitative estimate of drug-likeness (QED) is 0.562. The third kappa shape index (κ3) is 4.82. The van der Waals surface area contributed by atoms with Crippen molar-refractivity contribution in [2.45, 2.75) is 25.8 Å². The number of fused-ring (bicyclic) bond motifs is 1. The Hall–Kier alpha value is -2.67. The van der Waals surface area contributed by atoms with E-state index < -0.39 is 0 Å². The summed E-state index contributed by atoms with van der Waals surface area (Å²) in [7, 11) is 0. The number of ether oxygens (including phenoxy) is 1. The molecule has 0 amide bonds. The van der Waals surface area contributed by atoms with Gasteiger partial charge in [-0.15, -0.1) is 0 Å². The van der Waals surface area contributed by atoms with Crippen molar-refractivity contribution in [2.24, 2.45) is 0 Å². The Bertz CT molecular complexity index is 1020. The number of nitrogens with one attached hydrogen (secondary N) is 1. The number of furan rings is 1. The van der Waals surface area contributed by atoms with Crippen molar-refractivity contribution in [3.8, 4) is 17.1 Å². The lowest BCUT2D eigenvalue weighted by Gasteiger charge is -2.26. The first-order valence-corrected chi connectivity index (χ1v) is 11.3. The van der Waals surface area contributed by atoms with Crippen LogP contribution in [0.5, 0.6) is 0 Å². The van der Waals surface area contributed by atoms with Crippen molar-refractivity contribution in [1.29, 1.82) is 0 Å². The van der Waals surface area contributed by atoms with Crippen LogP contribution in [0.2, 0.25) is 0 Å². The number of aryl methyl sites for hydroxylation is 1. The number of rotatable bonds is 8. The first kappa shape index (κ1) is 20.2. The van der Waals surface area contributed by atoms with E-state index in [9.17, 15) is 0 Å². The van der Waals surface area contributed by atoms with E-state index in [2.05, 4.69) is 46.8 Å². The molecule has 0 atom stereocenters. The molecule has 1 aromatic carbocycles. The van der Waals surface area contributed by atoms with Gasteiger partial charge in [0.05, 0.1) is 18.9 Å². The minimum Gasteiger partial charge on any atom is -0.455 e. The zero-order chi connectivity index (χ0) is 20.9. The lowest BCUT2D eigenvalue weighted by molar-refractivity contribution is 0.0374. The van der Waals surface area contributed by atoms with Crippen LogP contribution in [0.15, 0.2) is 53.1 Å². The predicted molar refractivity (Wildman–Crippen MR) is 122 cm³/mol. The molecule has 1 saturated heterocycles. The maximum Gasteiger partial charge on any atom is 0.155 e. The predicted octanol–water partition coefficient (Wildman–Crippen LogP) is 3.90. The lowest BCUT2D eigenvalue weighted by Crippen LogP contribution is -2.37. The van der Waals surface area contributed by atoms with Crippen LogP contribution in [0.4, 0.5) is 0 Å². The first-order valence-electron chi connectivity index (χ1n) is 11.3. The normalized spacial score (nSPS) is 16.5. The molecule has 1 N–H and O–H groups in total. The highest BCUT2D eigenvalue weighted by Crippen LogP contribution is 2.31. The highest BCUT2D eigenvalue weighted by atomic mass is 16.5. The molecular weight excluding hydrogens is 388 g/mol. The van der Waals surface area contributed by atoms with Crippen LogP contribution in [0.3, 0.4) is 0 Å². The third-order valence-electron chi connectivity index (χ3n) is 5.98. The molecule has 0 unspecified atom stereocenters. The summed E-state index contributed by atoms with van der Waals surface area (Å²) >= 11 is 0. The molecule has 3 heterocycles. The van der Waals surface area contributed by atoms with Crippen LogP contribution in [-0.4, -0.2) is 54.1 Å². The van der Waals surface area contributed by atoms with Gasteiger partial charge in [-0.2, -0.15) is 5.10 Å². The largest absolute Gasteiger partial charge is 0.455 e. The standard InChI is InChI=1S/C25H30N4O2/c1-2-8-22(9-3-1)29-19-21(18-26-11-6-12-28-13-15-30-16-14-28)25(27-29)24-17-20-7-4-5-10-23(20)31-24/h1-3,5,8-10,17,19,26H,4,6-7,11-16,18H2. The number of nitrogens with zero attached hydrogens (tertiary/aromatic N) is 3. The minimum absolute atomic E-state index is 0.770. The smallest absolute Gasteiger partial charge is 0.155 e. The number of hydrogen-bond donors (Lipinski definition) is 1. The van der Waals surface area contributed by atoms with Crippen molar-refractivity contribution in [3.05, 3.63) is 65.6 Å². The zero-order valence-electron chi connectivity index (χ0n) is 17.9. The van der Waals surface area contributed by atoms with Gasteiger partial charge < -0.3 is 14.5 Å². The van der Waals surface area contributed by atoms with Gasteiger partial charge in [0.25, 0.3) is 0 Å². The van der Waals surface area contributed by atoms with Crippen molar-refractivity contribution in [2.75, 3.05) is 39.4 Å². The molecule has 6 heteroatoms. The van der Waals surface area contributed by atoms with Crippen LogP contribution in [0.25, 0.3) is 23.2 Å². The van der Waals surface area contributed by atoms with Gasteiger partial charge in [0.2, 0.25) is 0 Å². The van der Waals surface area contributed by atoms with Crippen molar-refractivity contribution < 1.29 is 9.15 Å². The second kappa shape index (κ2) is 9.64. The fourth-order valence-electron chi connectivity index (χ4n) is 4.26. The SMILES string of the molecule is C1=Cc2oc(-c3nn(-c4ccccc4)cc3CNCCCN3CCOCC3)cc2CC1. The maximum atomic E-state index is 6.18.